The highest BCUT2D eigenvalue weighted by Gasteiger charge is 2.14. The SMILES string of the molecule is COc1ccc(-c2ccc(=O)n(C[C@H](C)NC(=O)Cc3n[nH]c(=O)c4ccccc34)n2)cc1. The van der Waals surface area contributed by atoms with Crippen molar-refractivity contribution in [2.45, 2.75) is 25.9 Å². The van der Waals surface area contributed by atoms with E-state index in [4.69, 9.17) is 4.74 Å². The molecule has 0 radical (unpaired) electrons. The zero-order valence-corrected chi connectivity index (χ0v) is 18.2. The van der Waals surface area contributed by atoms with Crippen molar-refractivity contribution >= 4 is 16.7 Å². The van der Waals surface area contributed by atoms with Crippen LogP contribution < -0.4 is 21.2 Å². The van der Waals surface area contributed by atoms with Gasteiger partial charge < -0.3 is 10.1 Å². The van der Waals surface area contributed by atoms with Gasteiger partial charge in [0.05, 0.1) is 36.8 Å². The first-order chi connectivity index (χ1) is 15.9. The summed E-state index contributed by atoms with van der Waals surface area (Å²) < 4.78 is 6.50. The van der Waals surface area contributed by atoms with Crippen LogP contribution in [0.5, 0.6) is 5.75 Å². The number of hydrogen-bond donors (Lipinski definition) is 2. The minimum absolute atomic E-state index is 0.00412. The summed E-state index contributed by atoms with van der Waals surface area (Å²) >= 11 is 0. The third-order valence-electron chi connectivity index (χ3n) is 5.21. The van der Waals surface area contributed by atoms with Crippen LogP contribution in [0.15, 0.2) is 70.3 Å². The van der Waals surface area contributed by atoms with Crippen molar-refractivity contribution in [3.05, 3.63) is 87.1 Å². The number of hydrogen-bond acceptors (Lipinski definition) is 6. The van der Waals surface area contributed by atoms with Gasteiger partial charge in [-0.15, -0.1) is 0 Å². The predicted octanol–water partition coefficient (Wildman–Crippen LogP) is 1.90. The van der Waals surface area contributed by atoms with E-state index in [0.717, 1.165) is 11.3 Å². The first-order valence-electron chi connectivity index (χ1n) is 10.4. The molecule has 0 aliphatic carbocycles. The molecule has 4 rings (SSSR count). The zero-order valence-electron chi connectivity index (χ0n) is 18.2. The lowest BCUT2D eigenvalue weighted by Gasteiger charge is -2.15. The summed E-state index contributed by atoms with van der Waals surface area (Å²) in [4.78, 5) is 36.9. The molecule has 2 N–H and O–H groups in total. The molecule has 0 fully saturated rings. The molecule has 1 amide bonds. The van der Waals surface area contributed by atoms with Crippen molar-refractivity contribution in [2.24, 2.45) is 0 Å². The number of aromatic amines is 1. The Labute approximate surface area is 189 Å². The van der Waals surface area contributed by atoms with Crippen LogP contribution in [0.25, 0.3) is 22.0 Å². The van der Waals surface area contributed by atoms with Crippen molar-refractivity contribution in [1.82, 2.24) is 25.3 Å². The average Bonchev–Trinajstić information content (AvgIpc) is 2.82. The van der Waals surface area contributed by atoms with Gasteiger partial charge in [0.2, 0.25) is 5.91 Å². The highest BCUT2D eigenvalue weighted by Crippen LogP contribution is 2.19. The number of nitrogens with zero attached hydrogens (tertiary/aromatic N) is 3. The van der Waals surface area contributed by atoms with Crippen LogP contribution in [0.2, 0.25) is 0 Å². The third-order valence-corrected chi connectivity index (χ3v) is 5.21. The van der Waals surface area contributed by atoms with Gasteiger partial charge in [-0.1, -0.05) is 18.2 Å². The smallest absolute Gasteiger partial charge is 0.272 e. The van der Waals surface area contributed by atoms with Gasteiger partial charge in [-0.25, -0.2) is 9.78 Å². The van der Waals surface area contributed by atoms with Crippen molar-refractivity contribution in [1.29, 1.82) is 0 Å². The van der Waals surface area contributed by atoms with E-state index in [2.05, 4.69) is 20.6 Å². The summed E-state index contributed by atoms with van der Waals surface area (Å²) in [6, 6.07) is 17.1. The topological polar surface area (TPSA) is 119 Å². The molecule has 0 saturated carbocycles. The summed E-state index contributed by atoms with van der Waals surface area (Å²) in [7, 11) is 1.60. The van der Waals surface area contributed by atoms with Crippen LogP contribution in [-0.4, -0.2) is 39.0 Å². The second-order valence-corrected chi connectivity index (χ2v) is 7.66. The Bertz CT molecular complexity index is 1410. The Kier molecular flexibility index (Phi) is 6.30. The number of carbonyl (C=O) groups is 1. The van der Waals surface area contributed by atoms with Gasteiger partial charge in [0.25, 0.3) is 11.1 Å². The molecule has 0 aliphatic rings. The molecule has 0 bridgehead atoms. The highest BCUT2D eigenvalue weighted by molar-refractivity contribution is 5.88. The molecule has 9 nitrogen and oxygen atoms in total. The van der Waals surface area contributed by atoms with Crippen molar-refractivity contribution in [2.75, 3.05) is 7.11 Å². The highest BCUT2D eigenvalue weighted by atomic mass is 16.5. The maximum absolute atomic E-state index is 12.6. The normalized spacial score (nSPS) is 11.8. The molecule has 1 atom stereocenters. The van der Waals surface area contributed by atoms with Gasteiger partial charge in [0, 0.05) is 23.1 Å². The number of carbonyl (C=O) groups excluding carboxylic acids is 1. The monoisotopic (exact) mass is 445 g/mol. The molecule has 2 aromatic heterocycles. The number of H-pyrrole nitrogens is 1. The fraction of sp³-hybridized carbons (Fsp3) is 0.208. The summed E-state index contributed by atoms with van der Waals surface area (Å²) in [6.07, 6.45) is -0.00412. The lowest BCUT2D eigenvalue weighted by Crippen LogP contribution is -2.39. The molecule has 9 heteroatoms. The molecular weight excluding hydrogens is 422 g/mol. The van der Waals surface area contributed by atoms with Gasteiger partial charge in [0.15, 0.2) is 0 Å². The van der Waals surface area contributed by atoms with Crippen molar-refractivity contribution < 1.29 is 9.53 Å². The molecule has 2 heterocycles. The Morgan fingerprint density at radius 2 is 1.79 bits per heavy atom. The minimum Gasteiger partial charge on any atom is -0.497 e. The second-order valence-electron chi connectivity index (χ2n) is 7.66. The van der Waals surface area contributed by atoms with E-state index in [1.165, 1.54) is 10.7 Å². The molecule has 0 aliphatic heterocycles. The van der Waals surface area contributed by atoms with E-state index in [-0.39, 0.29) is 36.0 Å². The maximum atomic E-state index is 12.6. The molecule has 0 saturated heterocycles. The first-order valence-corrected chi connectivity index (χ1v) is 10.4. The molecule has 2 aromatic carbocycles. The van der Waals surface area contributed by atoms with E-state index in [9.17, 15) is 14.4 Å². The van der Waals surface area contributed by atoms with E-state index in [1.54, 1.807) is 44.4 Å². The number of fused-ring (bicyclic) bond motifs is 1. The lowest BCUT2D eigenvalue weighted by atomic mass is 10.1. The second kappa shape index (κ2) is 9.47. The van der Waals surface area contributed by atoms with Gasteiger partial charge in [-0.05, 0) is 43.3 Å². The summed E-state index contributed by atoms with van der Waals surface area (Å²) in [5.41, 5.74) is 1.40. The van der Waals surface area contributed by atoms with Crippen LogP contribution in [0.1, 0.15) is 12.6 Å². The molecule has 0 unspecified atom stereocenters. The van der Waals surface area contributed by atoms with Gasteiger partial charge in [-0.3, -0.25) is 14.4 Å². The maximum Gasteiger partial charge on any atom is 0.272 e. The number of ether oxygens (including phenoxy) is 1. The summed E-state index contributed by atoms with van der Waals surface area (Å²) in [6.45, 7) is 2.00. The van der Waals surface area contributed by atoms with Gasteiger partial charge in [0.1, 0.15) is 5.75 Å². The average molecular weight is 445 g/mol. The number of benzene rings is 2. The van der Waals surface area contributed by atoms with Gasteiger partial charge in [-0.2, -0.15) is 10.2 Å². The Hall–Kier alpha value is -4.27. The largest absolute Gasteiger partial charge is 0.497 e. The molecular formula is C24H23N5O4. The van der Waals surface area contributed by atoms with Crippen molar-refractivity contribution in [3.8, 4) is 17.0 Å². The standard InChI is InChI=1S/C24H23N5O4/c1-15(25-22(30)13-21-18-5-3-4-6-19(18)24(32)27-26-21)14-29-23(31)12-11-20(28-29)16-7-9-17(33-2)10-8-16/h3-12,15H,13-14H2,1-2H3,(H,25,30)(H,27,32)/t15-/m0/s1. The lowest BCUT2D eigenvalue weighted by molar-refractivity contribution is -0.121. The van der Waals surface area contributed by atoms with E-state index >= 15 is 0 Å². The van der Waals surface area contributed by atoms with Crippen LogP contribution in [0, 0.1) is 0 Å². The molecule has 168 valence electrons. The first kappa shape index (κ1) is 21.9. The van der Waals surface area contributed by atoms with E-state index < -0.39 is 0 Å². The number of methoxy groups -OCH3 is 1. The van der Waals surface area contributed by atoms with Crippen LogP contribution in [0.4, 0.5) is 0 Å². The number of amides is 1. The van der Waals surface area contributed by atoms with E-state index in [0.29, 0.717) is 22.2 Å². The third kappa shape index (κ3) is 4.98. The Morgan fingerprint density at radius 3 is 2.52 bits per heavy atom. The van der Waals surface area contributed by atoms with Crippen LogP contribution in [0.3, 0.4) is 0 Å². The molecule has 4 aromatic rings. The fourth-order valence-electron chi connectivity index (χ4n) is 3.58. The van der Waals surface area contributed by atoms with Gasteiger partial charge >= 0.3 is 0 Å². The minimum atomic E-state index is -0.358. The number of rotatable bonds is 7. The van der Waals surface area contributed by atoms with E-state index in [1.807, 2.05) is 24.3 Å². The Morgan fingerprint density at radius 1 is 1.06 bits per heavy atom. The van der Waals surface area contributed by atoms with Crippen LogP contribution in [-0.2, 0) is 17.8 Å². The predicted molar refractivity (Wildman–Crippen MR) is 124 cm³/mol. The van der Waals surface area contributed by atoms with Crippen LogP contribution >= 0.6 is 0 Å². The zero-order chi connectivity index (χ0) is 23.4. The molecule has 33 heavy (non-hydrogen) atoms. The quantitative estimate of drug-likeness (QED) is 0.449. The number of aromatic nitrogens is 4. The fourth-order valence-corrected chi connectivity index (χ4v) is 3.58. The Balaban J connectivity index is 1.46. The van der Waals surface area contributed by atoms with Crippen molar-refractivity contribution in [3.63, 3.8) is 0 Å². The number of nitrogens with one attached hydrogen (secondary N) is 2. The summed E-state index contributed by atoms with van der Waals surface area (Å²) in [5, 5.41) is 14.9. The summed E-state index contributed by atoms with van der Waals surface area (Å²) in [5.74, 6) is 0.458. The molecule has 0 spiro atoms.